The Bertz CT molecular complexity index is 1270. The number of hydrogen-bond acceptors (Lipinski definition) is 4. The molecular weight excluding hydrogens is 374 g/mol. The van der Waals surface area contributed by atoms with Crippen LogP contribution < -0.4 is 10.9 Å². The van der Waals surface area contributed by atoms with Crippen molar-refractivity contribution in [2.24, 2.45) is 7.05 Å². The molecule has 2 atom stereocenters. The van der Waals surface area contributed by atoms with Gasteiger partial charge in [0.05, 0.1) is 29.2 Å². The summed E-state index contributed by atoms with van der Waals surface area (Å²) >= 11 is 0. The lowest BCUT2D eigenvalue weighted by Gasteiger charge is -2.30. The van der Waals surface area contributed by atoms with Crippen LogP contribution in [-0.2, 0) is 7.05 Å². The summed E-state index contributed by atoms with van der Waals surface area (Å²) in [5.41, 5.74) is 6.12. The summed E-state index contributed by atoms with van der Waals surface area (Å²) in [5.74, 6) is 0. The van der Waals surface area contributed by atoms with E-state index in [4.69, 9.17) is 4.98 Å². The monoisotopic (exact) mass is 399 g/mol. The van der Waals surface area contributed by atoms with E-state index in [1.165, 1.54) is 5.56 Å². The van der Waals surface area contributed by atoms with E-state index in [9.17, 15) is 4.79 Å². The van der Waals surface area contributed by atoms with Crippen LogP contribution in [0.5, 0.6) is 0 Å². The Hall–Kier alpha value is -3.25. The highest BCUT2D eigenvalue weighted by molar-refractivity contribution is 5.63. The first-order valence-electron chi connectivity index (χ1n) is 10.4. The molecule has 1 fully saturated rings. The van der Waals surface area contributed by atoms with Crippen LogP contribution in [0.4, 0.5) is 0 Å². The van der Waals surface area contributed by atoms with Crippen molar-refractivity contribution in [3.63, 3.8) is 0 Å². The smallest absolute Gasteiger partial charge is 0.250 e. The number of piperidine rings is 1. The maximum absolute atomic E-state index is 12.1. The highest BCUT2D eigenvalue weighted by Crippen LogP contribution is 2.33. The van der Waals surface area contributed by atoms with Gasteiger partial charge in [-0.3, -0.25) is 14.2 Å². The second-order valence-electron chi connectivity index (χ2n) is 8.08. The lowest BCUT2D eigenvalue weighted by atomic mass is 9.93. The Morgan fingerprint density at radius 3 is 2.80 bits per heavy atom. The van der Waals surface area contributed by atoms with Gasteiger partial charge in [-0.15, -0.1) is 0 Å². The van der Waals surface area contributed by atoms with E-state index < -0.39 is 0 Å². The van der Waals surface area contributed by atoms with Crippen molar-refractivity contribution in [2.75, 3.05) is 0 Å². The summed E-state index contributed by atoms with van der Waals surface area (Å²) in [4.78, 5) is 21.7. The molecule has 4 aromatic rings. The highest BCUT2D eigenvalue weighted by Gasteiger charge is 2.27. The van der Waals surface area contributed by atoms with E-state index in [1.807, 2.05) is 36.5 Å². The van der Waals surface area contributed by atoms with Gasteiger partial charge in [0.15, 0.2) is 0 Å². The number of aromatic nitrogens is 4. The Morgan fingerprint density at radius 2 is 1.97 bits per heavy atom. The number of hydrogen-bond donors (Lipinski definition) is 1. The number of rotatable bonds is 3. The average Bonchev–Trinajstić information content (AvgIpc) is 3.21. The first-order valence-corrected chi connectivity index (χ1v) is 10.4. The molecule has 0 aliphatic carbocycles. The van der Waals surface area contributed by atoms with Crippen LogP contribution in [-0.4, -0.2) is 18.9 Å². The zero-order valence-electron chi connectivity index (χ0n) is 17.2. The molecule has 5 rings (SSSR count). The van der Waals surface area contributed by atoms with Crippen molar-refractivity contribution in [2.45, 2.75) is 38.3 Å². The van der Waals surface area contributed by atoms with E-state index in [-0.39, 0.29) is 17.6 Å². The van der Waals surface area contributed by atoms with Gasteiger partial charge in [0.25, 0.3) is 5.56 Å². The van der Waals surface area contributed by atoms with Crippen molar-refractivity contribution >= 4 is 5.65 Å². The molecule has 1 aliphatic heterocycles. The summed E-state index contributed by atoms with van der Waals surface area (Å²) in [6.45, 7) is 2.12. The SMILES string of the molecule is Cc1cccnc1[C@@H]1CCC[C@H](c2cn3c(-c4ccn(C)c(=O)c4)cccc3n2)N1. The largest absolute Gasteiger partial charge is 0.319 e. The fourth-order valence-corrected chi connectivity index (χ4v) is 4.39. The number of nitrogens with zero attached hydrogens (tertiary/aromatic N) is 4. The van der Waals surface area contributed by atoms with E-state index in [0.29, 0.717) is 0 Å². The first kappa shape index (κ1) is 18.8. The molecule has 0 bridgehead atoms. The molecule has 1 aliphatic rings. The number of fused-ring (bicyclic) bond motifs is 1. The van der Waals surface area contributed by atoms with Crippen molar-refractivity contribution in [1.82, 2.24) is 24.3 Å². The summed E-state index contributed by atoms with van der Waals surface area (Å²) in [7, 11) is 1.76. The Kier molecular flexibility index (Phi) is 4.71. The Labute approximate surface area is 175 Å². The van der Waals surface area contributed by atoms with Crippen LogP contribution >= 0.6 is 0 Å². The third kappa shape index (κ3) is 3.33. The second kappa shape index (κ2) is 7.54. The molecule has 6 heteroatoms. The lowest BCUT2D eigenvalue weighted by Crippen LogP contribution is -2.32. The summed E-state index contributed by atoms with van der Waals surface area (Å²) in [5, 5.41) is 3.77. The van der Waals surface area contributed by atoms with Crippen LogP contribution in [0.3, 0.4) is 0 Å². The summed E-state index contributed by atoms with van der Waals surface area (Å²) in [6, 6.07) is 14.2. The minimum absolute atomic E-state index is 0.0210. The maximum atomic E-state index is 12.1. The second-order valence-corrected chi connectivity index (χ2v) is 8.08. The summed E-state index contributed by atoms with van der Waals surface area (Å²) in [6.07, 6.45) is 9.04. The predicted molar refractivity (Wildman–Crippen MR) is 117 cm³/mol. The standard InChI is InChI=1S/C24H25N5O/c1-16-6-5-12-25-24(16)19-8-3-7-18(26-19)20-15-29-21(9-4-10-22(29)27-20)17-11-13-28(2)23(30)14-17/h4-6,9-15,18-19,26H,3,7-8H2,1-2H3/t18-,19+/m1/s1. The molecule has 1 saturated heterocycles. The molecule has 0 unspecified atom stereocenters. The molecule has 4 aromatic heterocycles. The van der Waals surface area contributed by atoms with Gasteiger partial charge in [-0.1, -0.05) is 12.1 Å². The van der Waals surface area contributed by atoms with Crippen LogP contribution in [0, 0.1) is 6.92 Å². The molecule has 0 amide bonds. The van der Waals surface area contributed by atoms with Gasteiger partial charge in [0.1, 0.15) is 5.65 Å². The molecule has 0 aromatic carbocycles. The zero-order valence-corrected chi connectivity index (χ0v) is 17.2. The zero-order chi connectivity index (χ0) is 20.7. The maximum Gasteiger partial charge on any atom is 0.250 e. The Morgan fingerprint density at radius 1 is 1.10 bits per heavy atom. The van der Waals surface area contributed by atoms with Gasteiger partial charge in [-0.25, -0.2) is 4.98 Å². The third-order valence-corrected chi connectivity index (χ3v) is 6.04. The van der Waals surface area contributed by atoms with Crippen LogP contribution in [0.2, 0.25) is 0 Å². The van der Waals surface area contributed by atoms with Crippen LogP contribution in [0.15, 0.2) is 65.8 Å². The number of imidazole rings is 1. The van der Waals surface area contributed by atoms with Crippen LogP contribution in [0.1, 0.15) is 48.3 Å². The average molecular weight is 399 g/mol. The van der Waals surface area contributed by atoms with Gasteiger partial charge >= 0.3 is 0 Å². The fraction of sp³-hybridized carbons (Fsp3) is 0.292. The quantitative estimate of drug-likeness (QED) is 0.566. The molecule has 152 valence electrons. The van der Waals surface area contributed by atoms with Crippen molar-refractivity contribution in [3.05, 3.63) is 88.4 Å². The number of pyridine rings is 3. The van der Waals surface area contributed by atoms with Crippen molar-refractivity contribution in [3.8, 4) is 11.3 Å². The minimum atomic E-state index is -0.0210. The molecule has 30 heavy (non-hydrogen) atoms. The summed E-state index contributed by atoms with van der Waals surface area (Å²) < 4.78 is 3.66. The number of aryl methyl sites for hydroxylation is 2. The first-order chi connectivity index (χ1) is 14.6. The number of nitrogens with one attached hydrogen (secondary N) is 1. The van der Waals surface area contributed by atoms with Gasteiger partial charge in [-0.2, -0.15) is 0 Å². The molecule has 6 nitrogen and oxygen atoms in total. The van der Waals surface area contributed by atoms with E-state index in [1.54, 1.807) is 23.9 Å². The topological polar surface area (TPSA) is 64.2 Å². The van der Waals surface area contributed by atoms with Gasteiger partial charge in [0.2, 0.25) is 0 Å². The lowest BCUT2D eigenvalue weighted by molar-refractivity contribution is 0.321. The van der Waals surface area contributed by atoms with E-state index >= 15 is 0 Å². The molecule has 0 spiro atoms. The van der Waals surface area contributed by atoms with E-state index in [0.717, 1.165) is 47.6 Å². The minimum Gasteiger partial charge on any atom is -0.319 e. The van der Waals surface area contributed by atoms with Gasteiger partial charge < -0.3 is 9.88 Å². The third-order valence-electron chi connectivity index (χ3n) is 6.04. The molecule has 0 radical (unpaired) electrons. The van der Waals surface area contributed by atoms with Gasteiger partial charge in [0, 0.05) is 37.3 Å². The molecule has 1 N–H and O–H groups in total. The van der Waals surface area contributed by atoms with Crippen LogP contribution in [0.25, 0.3) is 16.9 Å². The van der Waals surface area contributed by atoms with Crippen molar-refractivity contribution < 1.29 is 0 Å². The molecular formula is C24H25N5O. The fourth-order valence-electron chi connectivity index (χ4n) is 4.39. The normalized spacial score (nSPS) is 19.3. The Balaban J connectivity index is 1.50. The van der Waals surface area contributed by atoms with Gasteiger partial charge in [-0.05, 0) is 56.0 Å². The molecule has 5 heterocycles. The van der Waals surface area contributed by atoms with E-state index in [2.05, 4.69) is 33.9 Å². The predicted octanol–water partition coefficient (Wildman–Crippen LogP) is 3.96. The molecule has 0 saturated carbocycles. The highest BCUT2D eigenvalue weighted by atomic mass is 16.1. The van der Waals surface area contributed by atoms with Crippen molar-refractivity contribution in [1.29, 1.82) is 0 Å².